The van der Waals surface area contributed by atoms with E-state index in [2.05, 4.69) is 0 Å². The van der Waals surface area contributed by atoms with E-state index in [0.29, 0.717) is 5.06 Å². The summed E-state index contributed by atoms with van der Waals surface area (Å²) in [5.41, 5.74) is 0.201. The monoisotopic (exact) mass is 357 g/mol. The molecule has 1 saturated heterocycles. The van der Waals surface area contributed by atoms with Gasteiger partial charge >= 0.3 is 5.97 Å². The molecule has 1 aliphatic rings. The number of carbonyl (C=O) groups is 3. The quantitative estimate of drug-likeness (QED) is 0.751. The van der Waals surface area contributed by atoms with Gasteiger partial charge in [0.15, 0.2) is 0 Å². The highest BCUT2D eigenvalue weighted by molar-refractivity contribution is 6.02. The second-order valence-electron chi connectivity index (χ2n) is 5.61. The summed E-state index contributed by atoms with van der Waals surface area (Å²) in [4.78, 5) is 52.5. The molecule has 1 aromatic carbocycles. The van der Waals surface area contributed by atoms with Crippen LogP contribution >= 0.6 is 0 Å². The van der Waals surface area contributed by atoms with Gasteiger partial charge in [-0.1, -0.05) is 30.3 Å². The zero-order chi connectivity index (χ0) is 18.7. The van der Waals surface area contributed by atoms with Gasteiger partial charge in [-0.3, -0.25) is 14.4 Å². The third-order valence-corrected chi connectivity index (χ3v) is 3.62. The lowest BCUT2D eigenvalue weighted by molar-refractivity contribution is -0.173. The Bertz CT molecular complexity index is 901. The Morgan fingerprint density at radius 1 is 1.12 bits per heavy atom. The zero-order valence-corrected chi connectivity index (χ0v) is 13.9. The Morgan fingerprint density at radius 2 is 1.77 bits per heavy atom. The molecule has 8 nitrogen and oxygen atoms in total. The molecule has 2 aromatic rings. The second kappa shape index (κ2) is 7.22. The Kier molecular flexibility index (Phi) is 4.83. The van der Waals surface area contributed by atoms with Crippen LogP contribution in [0.1, 0.15) is 34.7 Å². The highest BCUT2D eigenvalue weighted by Crippen LogP contribution is 2.20. The predicted molar refractivity (Wildman–Crippen MR) is 87.0 cm³/mol. The van der Waals surface area contributed by atoms with Crippen LogP contribution in [0.25, 0.3) is 0 Å². The van der Waals surface area contributed by atoms with Gasteiger partial charge in [0.25, 0.3) is 17.6 Å². The van der Waals surface area contributed by atoms with E-state index in [4.69, 9.17) is 14.0 Å². The summed E-state index contributed by atoms with van der Waals surface area (Å²) in [7, 11) is 0. The van der Waals surface area contributed by atoms with Gasteiger partial charge in [0.1, 0.15) is 12.4 Å². The van der Waals surface area contributed by atoms with Crippen molar-refractivity contribution in [2.75, 3.05) is 0 Å². The average Bonchev–Trinajstić information content (AvgIpc) is 2.93. The van der Waals surface area contributed by atoms with Crippen LogP contribution in [0.5, 0.6) is 5.75 Å². The minimum absolute atomic E-state index is 0.0243. The molecule has 0 radical (unpaired) electrons. The number of nitrogens with zero attached hydrogens (tertiary/aromatic N) is 1. The summed E-state index contributed by atoms with van der Waals surface area (Å²) in [6.07, 6.45) is -0.0809. The average molecular weight is 357 g/mol. The number of aryl methyl sites for hydroxylation is 1. The van der Waals surface area contributed by atoms with Crippen molar-refractivity contribution in [3.63, 3.8) is 0 Å². The van der Waals surface area contributed by atoms with Crippen LogP contribution in [0.3, 0.4) is 0 Å². The number of imide groups is 1. The van der Waals surface area contributed by atoms with E-state index in [-0.39, 0.29) is 31.0 Å². The summed E-state index contributed by atoms with van der Waals surface area (Å²) >= 11 is 0. The van der Waals surface area contributed by atoms with E-state index in [9.17, 15) is 19.2 Å². The number of carbonyl (C=O) groups excluding carboxylic acids is 3. The highest BCUT2D eigenvalue weighted by atomic mass is 16.7. The molecule has 26 heavy (non-hydrogen) atoms. The van der Waals surface area contributed by atoms with Crippen molar-refractivity contribution in [3.8, 4) is 5.75 Å². The van der Waals surface area contributed by atoms with Crippen LogP contribution in [-0.2, 0) is 21.0 Å². The number of rotatable bonds is 5. The second-order valence-corrected chi connectivity index (χ2v) is 5.61. The van der Waals surface area contributed by atoms with Gasteiger partial charge in [-0.05, 0) is 12.5 Å². The van der Waals surface area contributed by atoms with Crippen LogP contribution in [0.15, 0.2) is 45.6 Å². The molecule has 8 heteroatoms. The largest absolute Gasteiger partial charge is 0.481 e. The lowest BCUT2D eigenvalue weighted by Gasteiger charge is -2.14. The maximum Gasteiger partial charge on any atom is 0.403 e. The molecule has 0 saturated carbocycles. The fourth-order valence-corrected chi connectivity index (χ4v) is 2.38. The molecule has 0 aliphatic carbocycles. The van der Waals surface area contributed by atoms with Gasteiger partial charge in [-0.15, -0.1) is 5.06 Å². The van der Waals surface area contributed by atoms with Crippen LogP contribution in [0, 0.1) is 6.92 Å². The number of hydrogen-bond donors (Lipinski definition) is 0. The first-order chi connectivity index (χ1) is 12.5. The first-order valence-electron chi connectivity index (χ1n) is 7.85. The first-order valence-corrected chi connectivity index (χ1v) is 7.85. The fourth-order valence-electron chi connectivity index (χ4n) is 2.38. The normalized spacial score (nSPS) is 13.8. The first kappa shape index (κ1) is 17.4. The molecule has 3 rings (SSSR count). The van der Waals surface area contributed by atoms with E-state index < -0.39 is 29.0 Å². The Labute approximate surface area is 147 Å². The summed E-state index contributed by atoms with van der Waals surface area (Å²) in [6, 6.07) is 10.2. The molecule has 134 valence electrons. The molecule has 0 unspecified atom stereocenters. The lowest BCUT2D eigenvalue weighted by Crippen LogP contribution is -2.32. The van der Waals surface area contributed by atoms with E-state index in [1.54, 1.807) is 24.3 Å². The predicted octanol–water partition coefficient (Wildman–Crippen LogP) is 1.75. The minimum atomic E-state index is -1.16. The third kappa shape index (κ3) is 3.64. The van der Waals surface area contributed by atoms with Gasteiger partial charge < -0.3 is 14.0 Å². The van der Waals surface area contributed by atoms with Gasteiger partial charge in [0.2, 0.25) is 11.2 Å². The van der Waals surface area contributed by atoms with Gasteiger partial charge in [0, 0.05) is 18.9 Å². The van der Waals surface area contributed by atoms with Gasteiger partial charge in [-0.2, -0.15) is 0 Å². The summed E-state index contributed by atoms with van der Waals surface area (Å²) in [6.45, 7) is 1.50. The number of amides is 2. The summed E-state index contributed by atoms with van der Waals surface area (Å²) in [5, 5.41) is 0.381. The van der Waals surface area contributed by atoms with Crippen molar-refractivity contribution in [3.05, 3.63) is 63.7 Å². The van der Waals surface area contributed by atoms with E-state index in [1.807, 2.05) is 6.07 Å². The maximum absolute atomic E-state index is 12.3. The van der Waals surface area contributed by atoms with Crippen LogP contribution in [0.4, 0.5) is 0 Å². The smallest absolute Gasteiger partial charge is 0.403 e. The molecule has 1 fully saturated rings. The van der Waals surface area contributed by atoms with E-state index in [1.165, 1.54) is 13.0 Å². The topological polar surface area (TPSA) is 103 Å². The zero-order valence-electron chi connectivity index (χ0n) is 13.9. The van der Waals surface area contributed by atoms with Crippen molar-refractivity contribution in [2.24, 2.45) is 0 Å². The minimum Gasteiger partial charge on any atom is -0.481 e. The van der Waals surface area contributed by atoms with Crippen LogP contribution in [-0.4, -0.2) is 22.8 Å². The Balaban J connectivity index is 1.85. The van der Waals surface area contributed by atoms with Crippen molar-refractivity contribution < 1.29 is 28.4 Å². The summed E-state index contributed by atoms with van der Waals surface area (Å²) in [5.74, 6) is -3.11. The van der Waals surface area contributed by atoms with Gasteiger partial charge in [0.05, 0.1) is 0 Å². The third-order valence-electron chi connectivity index (χ3n) is 3.62. The van der Waals surface area contributed by atoms with Crippen LogP contribution < -0.4 is 10.2 Å². The molecule has 0 bridgehead atoms. The van der Waals surface area contributed by atoms with E-state index >= 15 is 0 Å². The molecular weight excluding hydrogens is 342 g/mol. The molecule has 2 heterocycles. The number of benzene rings is 1. The Hall–Kier alpha value is -3.42. The lowest BCUT2D eigenvalue weighted by atomic mass is 10.2. The van der Waals surface area contributed by atoms with E-state index in [0.717, 1.165) is 5.56 Å². The fraction of sp³-hybridized carbons (Fsp3) is 0.222. The van der Waals surface area contributed by atoms with Crippen molar-refractivity contribution in [2.45, 2.75) is 26.4 Å². The van der Waals surface area contributed by atoms with Crippen molar-refractivity contribution in [1.29, 1.82) is 0 Å². The van der Waals surface area contributed by atoms with Gasteiger partial charge in [-0.25, -0.2) is 4.79 Å². The molecular formula is C18H15NO7. The van der Waals surface area contributed by atoms with Crippen molar-refractivity contribution in [1.82, 2.24) is 5.06 Å². The standard InChI is InChI=1S/C18H15NO7/c1-11-9-13(20)16(24-10-12-5-3-2-4-6-12)17(25-11)18(23)26-19-14(21)7-8-15(19)22/h2-6,9H,7-8,10H2,1H3. The number of hydrogen-bond acceptors (Lipinski definition) is 7. The molecule has 0 spiro atoms. The number of ether oxygens (including phenoxy) is 1. The Morgan fingerprint density at radius 3 is 2.42 bits per heavy atom. The molecule has 0 atom stereocenters. The summed E-state index contributed by atoms with van der Waals surface area (Å²) < 4.78 is 10.7. The molecule has 1 aliphatic heterocycles. The van der Waals surface area contributed by atoms with Crippen LogP contribution in [0.2, 0.25) is 0 Å². The SMILES string of the molecule is Cc1cc(=O)c(OCc2ccccc2)c(C(=O)ON2C(=O)CCC2=O)o1. The molecule has 0 N–H and O–H groups in total. The molecule has 2 amide bonds. The maximum atomic E-state index is 12.3. The van der Waals surface area contributed by atoms with Crippen molar-refractivity contribution >= 4 is 17.8 Å². The molecule has 1 aromatic heterocycles. The number of hydroxylamine groups is 2. The highest BCUT2D eigenvalue weighted by Gasteiger charge is 2.35.